The summed E-state index contributed by atoms with van der Waals surface area (Å²) in [5.41, 5.74) is 0.995. The number of carbonyl (C=O) groups is 1. The van der Waals surface area contributed by atoms with Gasteiger partial charge in [0.05, 0.1) is 25.2 Å². The van der Waals surface area contributed by atoms with Gasteiger partial charge in [-0.05, 0) is 25.3 Å². The van der Waals surface area contributed by atoms with E-state index in [1.165, 1.54) is 0 Å². The molecule has 0 aliphatic carbocycles. The Kier molecular flexibility index (Phi) is 4.44. The number of hydrogen-bond acceptors (Lipinski definition) is 3. The van der Waals surface area contributed by atoms with Crippen LogP contribution in [0.1, 0.15) is 43.6 Å². The number of rotatable bonds is 2. The molecule has 2 heterocycles. The minimum atomic E-state index is -0.123. The quantitative estimate of drug-likeness (QED) is 0.909. The summed E-state index contributed by atoms with van der Waals surface area (Å²) in [6.45, 7) is 1.42. The Balaban J connectivity index is 1.84. The first-order valence-corrected chi connectivity index (χ1v) is 7.94. The monoisotopic (exact) mass is 289 g/mol. The summed E-state index contributed by atoms with van der Waals surface area (Å²) < 4.78 is 5.65. The minimum Gasteiger partial charge on any atom is -0.493 e. The highest BCUT2D eigenvalue weighted by molar-refractivity contribution is 5.85. The number of nitrogens with zero attached hydrogens (tertiary/aromatic N) is 1. The Morgan fingerprint density at radius 1 is 1.24 bits per heavy atom. The average Bonchev–Trinajstić information content (AvgIpc) is 2.79. The fraction of sp³-hybridized carbons (Fsp3) is 0.588. The largest absolute Gasteiger partial charge is 0.493 e. The fourth-order valence-electron chi connectivity index (χ4n) is 3.46. The lowest BCUT2D eigenvalue weighted by atomic mass is 9.91. The fourth-order valence-corrected chi connectivity index (χ4v) is 3.46. The molecule has 2 unspecified atom stereocenters. The van der Waals surface area contributed by atoms with Crippen LogP contribution in [-0.2, 0) is 4.79 Å². The summed E-state index contributed by atoms with van der Waals surface area (Å²) in [6.07, 6.45) is 4.91. The first kappa shape index (κ1) is 14.4. The van der Waals surface area contributed by atoms with Crippen molar-refractivity contribution in [2.24, 2.45) is 0 Å². The molecule has 0 radical (unpaired) electrons. The van der Waals surface area contributed by atoms with Gasteiger partial charge >= 0.3 is 0 Å². The average molecular weight is 289 g/mol. The van der Waals surface area contributed by atoms with Crippen LogP contribution in [-0.4, -0.2) is 41.7 Å². The van der Waals surface area contributed by atoms with E-state index in [4.69, 9.17) is 4.74 Å². The van der Waals surface area contributed by atoms with Gasteiger partial charge in [0.2, 0.25) is 5.91 Å². The van der Waals surface area contributed by atoms with E-state index in [1.54, 1.807) is 0 Å². The summed E-state index contributed by atoms with van der Waals surface area (Å²) in [5, 5.41) is 9.61. The number of para-hydroxylation sites is 1. The molecular formula is C17H23NO3. The molecule has 0 bridgehead atoms. The standard InChI is InChI=1S/C17H23NO3/c19-12-13-6-2-1-5-10-18(13)17(20)15-9-11-21-16-8-4-3-7-14(15)16/h3-4,7-8,13,15,19H,1-2,5-6,9-12H2. The molecule has 2 atom stereocenters. The van der Waals surface area contributed by atoms with Crippen molar-refractivity contribution < 1.29 is 14.6 Å². The summed E-state index contributed by atoms with van der Waals surface area (Å²) in [7, 11) is 0. The maximum atomic E-state index is 13.0. The van der Waals surface area contributed by atoms with Gasteiger partial charge in [-0.1, -0.05) is 31.0 Å². The number of aliphatic hydroxyl groups excluding tert-OH is 1. The summed E-state index contributed by atoms with van der Waals surface area (Å²) in [6, 6.07) is 7.80. The highest BCUT2D eigenvalue weighted by Gasteiger charge is 2.34. The SMILES string of the molecule is O=C(C1CCOc2ccccc21)N1CCCCCC1CO. The highest BCUT2D eigenvalue weighted by Crippen LogP contribution is 2.35. The van der Waals surface area contributed by atoms with E-state index in [2.05, 4.69) is 0 Å². The molecule has 1 fully saturated rings. The maximum Gasteiger partial charge on any atom is 0.230 e. The molecule has 4 nitrogen and oxygen atoms in total. The molecule has 2 aliphatic heterocycles. The summed E-state index contributed by atoms with van der Waals surface area (Å²) in [5.74, 6) is 0.867. The van der Waals surface area contributed by atoms with E-state index in [0.717, 1.165) is 50.0 Å². The van der Waals surface area contributed by atoms with Crippen LogP contribution in [0.3, 0.4) is 0 Å². The zero-order valence-electron chi connectivity index (χ0n) is 12.3. The van der Waals surface area contributed by atoms with Crippen LogP contribution in [0.25, 0.3) is 0 Å². The third kappa shape index (κ3) is 2.91. The van der Waals surface area contributed by atoms with E-state index >= 15 is 0 Å². The summed E-state index contributed by atoms with van der Waals surface area (Å²) >= 11 is 0. The molecule has 21 heavy (non-hydrogen) atoms. The third-order valence-corrected chi connectivity index (χ3v) is 4.63. The molecule has 114 valence electrons. The number of likely N-dealkylation sites (tertiary alicyclic amines) is 1. The van der Waals surface area contributed by atoms with E-state index < -0.39 is 0 Å². The smallest absolute Gasteiger partial charge is 0.230 e. The van der Waals surface area contributed by atoms with Gasteiger partial charge in [0, 0.05) is 12.1 Å². The lowest BCUT2D eigenvalue weighted by Crippen LogP contribution is -2.45. The number of hydrogen-bond donors (Lipinski definition) is 1. The number of benzene rings is 1. The van der Waals surface area contributed by atoms with Crippen molar-refractivity contribution >= 4 is 5.91 Å². The van der Waals surface area contributed by atoms with Crippen molar-refractivity contribution in [3.63, 3.8) is 0 Å². The van der Waals surface area contributed by atoms with Crippen molar-refractivity contribution in [2.75, 3.05) is 19.8 Å². The van der Waals surface area contributed by atoms with Crippen LogP contribution in [0.15, 0.2) is 24.3 Å². The molecule has 4 heteroatoms. The first-order valence-electron chi connectivity index (χ1n) is 7.94. The highest BCUT2D eigenvalue weighted by atomic mass is 16.5. The van der Waals surface area contributed by atoms with E-state index in [-0.39, 0.29) is 24.5 Å². The van der Waals surface area contributed by atoms with Crippen molar-refractivity contribution in [1.29, 1.82) is 0 Å². The zero-order valence-corrected chi connectivity index (χ0v) is 12.3. The molecule has 1 N–H and O–H groups in total. The zero-order chi connectivity index (χ0) is 14.7. The van der Waals surface area contributed by atoms with Gasteiger partial charge in [0.1, 0.15) is 5.75 Å². The molecule has 0 saturated carbocycles. The van der Waals surface area contributed by atoms with Crippen molar-refractivity contribution in [2.45, 2.75) is 44.1 Å². The van der Waals surface area contributed by atoms with E-state index in [9.17, 15) is 9.90 Å². The molecule has 0 aromatic heterocycles. The molecule has 0 spiro atoms. The number of carbonyl (C=O) groups excluding carboxylic acids is 1. The van der Waals surface area contributed by atoms with Gasteiger partial charge in [-0.2, -0.15) is 0 Å². The number of ether oxygens (including phenoxy) is 1. The van der Waals surface area contributed by atoms with Crippen LogP contribution in [0.5, 0.6) is 5.75 Å². The predicted octanol–water partition coefficient (Wildman–Crippen LogP) is 2.32. The van der Waals surface area contributed by atoms with Crippen LogP contribution < -0.4 is 4.74 Å². The number of fused-ring (bicyclic) bond motifs is 1. The number of aliphatic hydroxyl groups is 1. The van der Waals surface area contributed by atoms with Gasteiger partial charge in [-0.3, -0.25) is 4.79 Å². The maximum absolute atomic E-state index is 13.0. The van der Waals surface area contributed by atoms with E-state index in [0.29, 0.717) is 6.61 Å². The Morgan fingerprint density at radius 3 is 2.95 bits per heavy atom. The normalized spacial score (nSPS) is 25.7. The van der Waals surface area contributed by atoms with Crippen molar-refractivity contribution in [1.82, 2.24) is 4.90 Å². The van der Waals surface area contributed by atoms with Crippen LogP contribution in [0.2, 0.25) is 0 Å². The second-order valence-electron chi connectivity index (χ2n) is 5.94. The molecular weight excluding hydrogens is 266 g/mol. The van der Waals surface area contributed by atoms with Crippen LogP contribution in [0.4, 0.5) is 0 Å². The Bertz CT molecular complexity index is 503. The van der Waals surface area contributed by atoms with Crippen LogP contribution >= 0.6 is 0 Å². The molecule has 3 rings (SSSR count). The van der Waals surface area contributed by atoms with Gasteiger partial charge in [0.15, 0.2) is 0 Å². The van der Waals surface area contributed by atoms with Crippen molar-refractivity contribution in [3.8, 4) is 5.75 Å². The minimum absolute atomic E-state index is 0.0185. The predicted molar refractivity (Wildman–Crippen MR) is 80.3 cm³/mol. The Labute approximate surface area is 125 Å². The Morgan fingerprint density at radius 2 is 2.10 bits per heavy atom. The molecule has 1 aromatic rings. The molecule has 1 aromatic carbocycles. The Hall–Kier alpha value is -1.55. The third-order valence-electron chi connectivity index (χ3n) is 4.63. The topological polar surface area (TPSA) is 49.8 Å². The van der Waals surface area contributed by atoms with Gasteiger partial charge < -0.3 is 14.7 Å². The molecule has 2 aliphatic rings. The molecule has 1 saturated heterocycles. The van der Waals surface area contributed by atoms with Crippen molar-refractivity contribution in [3.05, 3.63) is 29.8 Å². The van der Waals surface area contributed by atoms with Gasteiger partial charge in [-0.25, -0.2) is 0 Å². The van der Waals surface area contributed by atoms with Crippen LogP contribution in [0, 0.1) is 0 Å². The first-order chi connectivity index (χ1) is 10.3. The second-order valence-corrected chi connectivity index (χ2v) is 5.94. The van der Waals surface area contributed by atoms with Gasteiger partial charge in [-0.15, -0.1) is 0 Å². The lowest BCUT2D eigenvalue weighted by molar-refractivity contribution is -0.136. The van der Waals surface area contributed by atoms with Gasteiger partial charge in [0.25, 0.3) is 0 Å². The number of amides is 1. The molecule has 1 amide bonds. The lowest BCUT2D eigenvalue weighted by Gasteiger charge is -2.34. The second kappa shape index (κ2) is 6.48. The summed E-state index contributed by atoms with van der Waals surface area (Å²) in [4.78, 5) is 14.9. The van der Waals surface area contributed by atoms with E-state index in [1.807, 2.05) is 29.2 Å².